The standard InChI is InChI=1S/C4H12N4O4/c1-10-7(4(9)6-5)8(11-2)12-3/h5H2,1-3H3,(H,6,9). The molecule has 0 saturated heterocycles. The zero-order valence-electron chi connectivity index (χ0n) is 7.10. The third kappa shape index (κ3) is 2.60. The summed E-state index contributed by atoms with van der Waals surface area (Å²) in [4.78, 5) is 24.6. The van der Waals surface area contributed by atoms with Crippen LogP contribution in [0.3, 0.4) is 0 Å². The molecule has 0 aliphatic heterocycles. The second-order valence-electron chi connectivity index (χ2n) is 1.51. The zero-order chi connectivity index (χ0) is 9.56. The lowest BCUT2D eigenvalue weighted by Gasteiger charge is -2.25. The molecule has 0 atom stereocenters. The number of hydrazine groups is 2. The van der Waals surface area contributed by atoms with Crippen LogP contribution in [0.5, 0.6) is 0 Å². The van der Waals surface area contributed by atoms with Gasteiger partial charge in [-0.25, -0.2) is 10.6 Å². The lowest BCUT2D eigenvalue weighted by molar-refractivity contribution is -0.492. The first-order valence-electron chi connectivity index (χ1n) is 2.94. The van der Waals surface area contributed by atoms with Gasteiger partial charge in [-0.2, -0.15) is 0 Å². The minimum absolute atomic E-state index is 0.639. The van der Waals surface area contributed by atoms with Gasteiger partial charge in [0.25, 0.3) is 0 Å². The maximum atomic E-state index is 10.9. The Morgan fingerprint density at radius 2 is 1.75 bits per heavy atom. The van der Waals surface area contributed by atoms with E-state index in [2.05, 4.69) is 14.5 Å². The third-order valence-corrected chi connectivity index (χ3v) is 0.931. The molecular weight excluding hydrogens is 168 g/mol. The van der Waals surface area contributed by atoms with Crippen LogP contribution in [0.25, 0.3) is 0 Å². The Morgan fingerprint density at radius 3 is 2.00 bits per heavy atom. The van der Waals surface area contributed by atoms with Crippen LogP contribution in [0.2, 0.25) is 0 Å². The third-order valence-electron chi connectivity index (χ3n) is 0.931. The molecule has 0 heterocycles. The number of hydroxylamine groups is 1. The molecule has 0 aliphatic rings. The number of nitrogens with two attached hydrogens (primary N) is 1. The summed E-state index contributed by atoms with van der Waals surface area (Å²) in [6, 6.07) is -0.735. The molecule has 0 aliphatic carbocycles. The Labute approximate surface area is 69.5 Å². The molecular formula is C4H12N4O4. The van der Waals surface area contributed by atoms with Gasteiger partial charge in [0.1, 0.15) is 0 Å². The molecule has 0 aromatic rings. The molecule has 72 valence electrons. The van der Waals surface area contributed by atoms with Crippen molar-refractivity contribution in [2.24, 2.45) is 5.84 Å². The predicted octanol–water partition coefficient (Wildman–Crippen LogP) is -1.23. The van der Waals surface area contributed by atoms with E-state index in [1.54, 1.807) is 0 Å². The molecule has 0 aromatic carbocycles. The molecule has 0 bridgehead atoms. The highest BCUT2D eigenvalue weighted by Gasteiger charge is 2.20. The second-order valence-corrected chi connectivity index (χ2v) is 1.51. The Kier molecular flexibility index (Phi) is 5.25. The maximum absolute atomic E-state index is 10.9. The van der Waals surface area contributed by atoms with E-state index >= 15 is 0 Å². The Hall–Kier alpha value is -0.930. The number of carbonyl (C=O) groups excluding carboxylic acids is 1. The summed E-state index contributed by atoms with van der Waals surface area (Å²) in [7, 11) is 3.83. The summed E-state index contributed by atoms with van der Waals surface area (Å²) < 4.78 is 0. The van der Waals surface area contributed by atoms with Crippen molar-refractivity contribution in [2.45, 2.75) is 0 Å². The highest BCUT2D eigenvalue weighted by molar-refractivity contribution is 5.71. The minimum Gasteiger partial charge on any atom is -0.273 e. The molecule has 8 nitrogen and oxygen atoms in total. The van der Waals surface area contributed by atoms with Gasteiger partial charge in [-0.3, -0.25) is 19.9 Å². The SMILES string of the molecule is CON(OC)N(OC)C(=O)NN. The number of amides is 2. The fourth-order valence-electron chi connectivity index (χ4n) is 0.502. The summed E-state index contributed by atoms with van der Waals surface area (Å²) in [5.41, 5.74) is 1.83. The maximum Gasteiger partial charge on any atom is 0.374 e. The van der Waals surface area contributed by atoms with Crippen molar-refractivity contribution in [1.82, 2.24) is 15.9 Å². The summed E-state index contributed by atoms with van der Waals surface area (Å²) in [5, 5.41) is 1.34. The van der Waals surface area contributed by atoms with Gasteiger partial charge in [0.05, 0.1) is 26.7 Å². The lowest BCUT2D eigenvalue weighted by atomic mass is 11.1. The Balaban J connectivity index is 4.19. The van der Waals surface area contributed by atoms with Crippen LogP contribution < -0.4 is 11.3 Å². The van der Waals surface area contributed by atoms with E-state index < -0.39 is 6.03 Å². The van der Waals surface area contributed by atoms with Crippen LogP contribution in [0.4, 0.5) is 4.79 Å². The van der Waals surface area contributed by atoms with Gasteiger partial charge >= 0.3 is 6.03 Å². The predicted molar refractivity (Wildman–Crippen MR) is 37.4 cm³/mol. The van der Waals surface area contributed by atoms with Gasteiger partial charge in [0.15, 0.2) is 0 Å². The molecule has 3 N–H and O–H groups in total. The highest BCUT2D eigenvalue weighted by Crippen LogP contribution is 1.98. The first kappa shape index (κ1) is 11.1. The molecule has 2 amide bonds. The average molecular weight is 180 g/mol. The van der Waals surface area contributed by atoms with Crippen LogP contribution in [-0.4, -0.2) is 37.9 Å². The normalized spacial score (nSPS) is 10.1. The number of rotatable bonds is 4. The smallest absolute Gasteiger partial charge is 0.273 e. The van der Waals surface area contributed by atoms with Crippen molar-refractivity contribution >= 4 is 6.03 Å². The van der Waals surface area contributed by atoms with E-state index in [9.17, 15) is 4.79 Å². The highest BCUT2D eigenvalue weighted by atomic mass is 17.0. The van der Waals surface area contributed by atoms with Crippen LogP contribution >= 0.6 is 0 Å². The van der Waals surface area contributed by atoms with Crippen molar-refractivity contribution in [3.8, 4) is 0 Å². The number of carbonyl (C=O) groups is 1. The zero-order valence-corrected chi connectivity index (χ0v) is 7.10. The monoisotopic (exact) mass is 180 g/mol. The number of urea groups is 1. The number of hydrogen-bond acceptors (Lipinski definition) is 6. The molecule has 0 spiro atoms. The van der Waals surface area contributed by atoms with E-state index in [0.717, 1.165) is 0 Å². The summed E-state index contributed by atoms with van der Waals surface area (Å²) in [5.74, 6) is 4.84. The van der Waals surface area contributed by atoms with E-state index in [4.69, 9.17) is 5.84 Å². The van der Waals surface area contributed by atoms with Gasteiger partial charge in [-0.15, -0.1) is 0 Å². The van der Waals surface area contributed by atoms with Crippen molar-refractivity contribution in [3.63, 3.8) is 0 Å². The van der Waals surface area contributed by atoms with Gasteiger partial charge in [-0.05, 0) is 0 Å². The molecule has 8 heteroatoms. The minimum atomic E-state index is -0.735. The van der Waals surface area contributed by atoms with E-state index in [1.807, 2.05) is 5.43 Å². The molecule has 0 radical (unpaired) electrons. The number of nitrogens with one attached hydrogen (secondary N) is 1. The topological polar surface area (TPSA) is 89.3 Å². The summed E-state index contributed by atoms with van der Waals surface area (Å²) in [6.07, 6.45) is 0. The van der Waals surface area contributed by atoms with Gasteiger partial charge in [-0.1, -0.05) is 5.17 Å². The van der Waals surface area contributed by atoms with Crippen molar-refractivity contribution in [3.05, 3.63) is 0 Å². The molecule has 0 fully saturated rings. The molecule has 12 heavy (non-hydrogen) atoms. The Bertz CT molecular complexity index is 139. The largest absolute Gasteiger partial charge is 0.374 e. The fraction of sp³-hybridized carbons (Fsp3) is 0.750. The lowest BCUT2D eigenvalue weighted by Crippen LogP contribution is -2.51. The van der Waals surface area contributed by atoms with Gasteiger partial charge < -0.3 is 0 Å². The first-order chi connectivity index (χ1) is 5.71. The number of nitrogens with zero attached hydrogens (tertiary/aromatic N) is 2. The molecule has 0 unspecified atom stereocenters. The second kappa shape index (κ2) is 5.69. The summed E-state index contributed by atoms with van der Waals surface area (Å²) in [6.45, 7) is 0. The van der Waals surface area contributed by atoms with E-state index in [-0.39, 0.29) is 0 Å². The van der Waals surface area contributed by atoms with Crippen molar-refractivity contribution in [1.29, 1.82) is 0 Å². The number of hydrogen-bond donors (Lipinski definition) is 2. The van der Waals surface area contributed by atoms with E-state index in [0.29, 0.717) is 10.5 Å². The van der Waals surface area contributed by atoms with E-state index in [1.165, 1.54) is 21.3 Å². The van der Waals surface area contributed by atoms with Crippen LogP contribution in [0.1, 0.15) is 0 Å². The molecule has 0 saturated carbocycles. The van der Waals surface area contributed by atoms with Crippen LogP contribution in [0.15, 0.2) is 0 Å². The van der Waals surface area contributed by atoms with Gasteiger partial charge in [0, 0.05) is 0 Å². The Morgan fingerprint density at radius 1 is 1.25 bits per heavy atom. The van der Waals surface area contributed by atoms with Gasteiger partial charge in [0.2, 0.25) is 0 Å². The van der Waals surface area contributed by atoms with Crippen LogP contribution in [0, 0.1) is 0 Å². The molecule has 0 aromatic heterocycles. The average Bonchev–Trinajstić information content (AvgIpc) is 2.12. The molecule has 0 rings (SSSR count). The quantitative estimate of drug-likeness (QED) is 0.320. The summed E-state index contributed by atoms with van der Waals surface area (Å²) >= 11 is 0. The first-order valence-corrected chi connectivity index (χ1v) is 2.94. The van der Waals surface area contributed by atoms with Crippen molar-refractivity contribution < 1.29 is 19.3 Å². The van der Waals surface area contributed by atoms with Crippen molar-refractivity contribution in [2.75, 3.05) is 21.3 Å². The van der Waals surface area contributed by atoms with Crippen LogP contribution in [-0.2, 0) is 14.5 Å². The fourth-order valence-corrected chi connectivity index (χ4v) is 0.502.